The Morgan fingerprint density at radius 1 is 0.557 bits per heavy atom. The Bertz CT molecular complexity index is 5070. The number of carbonyl (C=O) groups is 17. The number of amides is 17. The van der Waals surface area contributed by atoms with Crippen molar-refractivity contribution in [2.24, 2.45) is 23.1 Å². The maximum atomic E-state index is 15.6. The fourth-order valence-corrected chi connectivity index (χ4v) is 17.1. The van der Waals surface area contributed by atoms with E-state index in [4.69, 9.17) is 17.2 Å². The van der Waals surface area contributed by atoms with Crippen LogP contribution >= 0.6 is 11.8 Å². The molecule has 0 bridgehead atoms. The third-order valence-electron chi connectivity index (χ3n) is 23.6. The highest BCUT2D eigenvalue weighted by Gasteiger charge is 2.47. The van der Waals surface area contributed by atoms with Crippen molar-refractivity contribution >= 4 is 134 Å². The van der Waals surface area contributed by atoms with Gasteiger partial charge in [-0.15, -0.1) is 11.8 Å². The number of unbranched alkanes of at least 4 members (excludes halogenated alkanes) is 2. The Morgan fingerprint density at radius 3 is 1.67 bits per heavy atom. The van der Waals surface area contributed by atoms with E-state index in [2.05, 4.69) is 73.1 Å². The van der Waals surface area contributed by atoms with Gasteiger partial charge in [-0.3, -0.25) is 81.5 Å². The molecule has 710 valence electrons. The number of primary amides is 2. The number of fused-ring (bicyclic) bond motifs is 4. The SMILES string of the molecule is CCCC[C@H]1C(=O)N(C)[C@@H](CCCC)C(=O)N[C@@H](CN)C(=O)N[C@H](C(=O)NCC(N)=O)CSCC(=O)N[C@@H](Cc2ccc(O)cc2)C(=O)N(C)[C@@H](C)C(=O)N[C@@H](CC(N)=O)C(=O)N2CCC[C@H]2C(=O)N[C@@H](Cc2cnc[nH]2)C(=O)N[C@@H](CC(C)C)C(=O)N2C[C@H](O)C[C@H]2C(=O)N[C@@H](Cc2c[nH]c3ccccc23)C(=O)N[C@@H](CO)C(=O)N[C@@H](Cc2c[nH]c3ccccc23)C(=O)N1C. The number of phenolic OH excluding ortho intramolecular Hbond substituents is 1. The zero-order chi connectivity index (χ0) is 95.6. The first kappa shape index (κ1) is 102. The molecule has 0 radical (unpaired) electrons. The Labute approximate surface area is 760 Å². The summed E-state index contributed by atoms with van der Waals surface area (Å²) in [6.07, 6.45) is 3.97. The third kappa shape index (κ3) is 27.5. The number of H-pyrrole nitrogens is 3. The molecule has 0 saturated carbocycles. The van der Waals surface area contributed by atoms with E-state index in [1.54, 1.807) is 74.8 Å². The number of aromatic amines is 3. The molecular formula is C88H122N22O20S. The van der Waals surface area contributed by atoms with Crippen LogP contribution in [0.5, 0.6) is 5.75 Å². The number of nitrogens with zero attached hydrogens (tertiary/aromatic N) is 6. The molecule has 9 rings (SSSR count). The zero-order valence-corrected chi connectivity index (χ0v) is 75.5. The minimum Gasteiger partial charge on any atom is -0.508 e. The lowest BCUT2D eigenvalue weighted by molar-refractivity contribution is -0.149. The number of likely N-dealkylation sites (N-methyl/N-ethyl adjacent to an activating group) is 3. The van der Waals surface area contributed by atoms with E-state index in [1.165, 1.54) is 64.9 Å². The summed E-state index contributed by atoms with van der Waals surface area (Å²) >= 11 is 0.759. The van der Waals surface area contributed by atoms with Crippen molar-refractivity contribution in [1.29, 1.82) is 0 Å². The number of aromatic nitrogens is 4. The molecule has 3 aliphatic rings. The standard InChI is InChI=1S/C88H122N22O20S/c1-9-11-22-68-81(123)103-65(37-89)79(121)105-67(76(118)95-41-73(91)115)44-131-45-74(116)97-62(31-49-25-27-53(112)28-26-49)84(126)106(6)48(5)75(117)100-64(36-72(90)114)86(128)109-29-17-24-69(109)82(124)99-60(34-52-40-92-46-96-52)78(120)101-61(30-47(3)4)87(129)110-42-54(113)35-71(110)83(125)98-59(32-50-38-93-57-20-15-13-18-55(50)57)77(119)104-66(43-111)80(122)102-63(33-51-39-94-58-21-16-14-19-56(51)58)85(127)108(8)70(23-12-10-2)88(130)107(68)7/h13-16,18-21,25-28,38-40,46-48,54,59-71,93-94,111-113H,9-12,17,22-24,29-37,41-45,89H2,1-8H3,(H2,90,114)(H2,91,115)(H,92,96)(H,95,118)(H,97,116)(H,98,125)(H,99,124)(H,100,117)(H,101,120)(H,102,122)(H,103,123)(H,104,119)(H,105,121)/t48-,54+,59-,60-,61-,62-,63-,64-,65-,66-,67-,68-,69-,70-,71-/m0/s1. The van der Waals surface area contributed by atoms with Crippen LogP contribution in [0.3, 0.4) is 0 Å². The molecule has 6 aromatic rings. The maximum Gasteiger partial charge on any atom is 0.246 e. The second-order valence-corrected chi connectivity index (χ2v) is 34.8. The summed E-state index contributed by atoms with van der Waals surface area (Å²) in [5, 5.41) is 60.3. The highest BCUT2D eigenvalue weighted by molar-refractivity contribution is 8.00. The van der Waals surface area contributed by atoms with Gasteiger partial charge in [0.1, 0.15) is 90.3 Å². The molecule has 17 amide bonds. The average molecular weight is 1840 g/mol. The molecule has 42 nitrogen and oxygen atoms in total. The number of benzene rings is 3. The van der Waals surface area contributed by atoms with Crippen molar-refractivity contribution in [3.05, 3.63) is 120 Å². The first-order valence-corrected chi connectivity index (χ1v) is 45.0. The number of phenols is 1. The largest absolute Gasteiger partial charge is 0.508 e. The second kappa shape index (κ2) is 48.0. The molecule has 3 saturated heterocycles. The van der Waals surface area contributed by atoms with E-state index in [9.17, 15) is 63.3 Å². The van der Waals surface area contributed by atoms with E-state index < -0.39 is 235 Å². The smallest absolute Gasteiger partial charge is 0.246 e. The van der Waals surface area contributed by atoms with Crippen LogP contribution in [0.15, 0.2) is 97.7 Å². The number of thioether (sulfide) groups is 1. The Hall–Kier alpha value is -13.0. The predicted molar refractivity (Wildman–Crippen MR) is 480 cm³/mol. The van der Waals surface area contributed by atoms with Crippen LogP contribution in [-0.2, 0) is 107 Å². The first-order valence-electron chi connectivity index (χ1n) is 43.8. The molecule has 3 aliphatic heterocycles. The number of imidazole rings is 1. The lowest BCUT2D eigenvalue weighted by atomic mass is 10.00. The van der Waals surface area contributed by atoms with Crippen molar-refractivity contribution in [3.8, 4) is 5.75 Å². The number of para-hydroxylation sites is 2. The molecule has 3 aromatic heterocycles. The van der Waals surface area contributed by atoms with E-state index in [1.807, 2.05) is 13.8 Å². The summed E-state index contributed by atoms with van der Waals surface area (Å²) in [5.41, 5.74) is 20.3. The van der Waals surface area contributed by atoms with Crippen LogP contribution < -0.4 is 70.4 Å². The molecule has 3 fully saturated rings. The highest BCUT2D eigenvalue weighted by atomic mass is 32.2. The van der Waals surface area contributed by atoms with Crippen molar-refractivity contribution in [2.45, 2.75) is 222 Å². The van der Waals surface area contributed by atoms with Crippen molar-refractivity contribution in [2.75, 3.05) is 65.4 Å². The molecule has 131 heavy (non-hydrogen) atoms. The van der Waals surface area contributed by atoms with Gasteiger partial charge in [-0.2, -0.15) is 0 Å². The predicted octanol–water partition coefficient (Wildman–Crippen LogP) is -3.23. The molecule has 0 spiro atoms. The number of nitrogens with two attached hydrogens (primary N) is 3. The van der Waals surface area contributed by atoms with Gasteiger partial charge in [-0.05, 0) is 85.9 Å². The molecule has 3 aromatic carbocycles. The first-order chi connectivity index (χ1) is 62.4. The Morgan fingerprint density at radius 2 is 1.08 bits per heavy atom. The average Bonchev–Trinajstić information content (AvgIpc) is 1.56. The lowest BCUT2D eigenvalue weighted by Gasteiger charge is -2.36. The summed E-state index contributed by atoms with van der Waals surface area (Å²) in [6, 6.07) is -2.19. The monoisotopic (exact) mass is 1840 g/mol. The normalized spacial score (nSPS) is 25.2. The van der Waals surface area contributed by atoms with Crippen molar-refractivity contribution in [3.63, 3.8) is 0 Å². The summed E-state index contributed by atoms with van der Waals surface area (Å²) in [7, 11) is 3.89. The molecule has 43 heteroatoms. The van der Waals surface area contributed by atoms with Gasteiger partial charge in [0.25, 0.3) is 0 Å². The quantitative estimate of drug-likeness (QED) is 0.0300. The molecule has 0 aliphatic carbocycles. The minimum atomic E-state index is -1.88. The van der Waals surface area contributed by atoms with E-state index in [0.29, 0.717) is 69.9 Å². The molecule has 6 heterocycles. The van der Waals surface area contributed by atoms with E-state index >= 15 is 33.6 Å². The van der Waals surface area contributed by atoms with Gasteiger partial charge in [0.15, 0.2) is 0 Å². The number of aromatic hydroxyl groups is 1. The minimum absolute atomic E-state index is 0.000393. The molecule has 22 N–H and O–H groups in total. The van der Waals surface area contributed by atoms with Crippen LogP contribution in [0.25, 0.3) is 21.8 Å². The summed E-state index contributed by atoms with van der Waals surface area (Å²) in [4.78, 5) is 267. The van der Waals surface area contributed by atoms with Gasteiger partial charge in [-0.1, -0.05) is 102 Å². The van der Waals surface area contributed by atoms with Crippen molar-refractivity contribution in [1.82, 2.24) is 97.6 Å². The number of nitrogens with one attached hydrogen (secondary N) is 13. The number of hydrogen-bond donors (Lipinski definition) is 19. The van der Waals surface area contributed by atoms with Crippen molar-refractivity contribution < 1.29 is 96.8 Å². The van der Waals surface area contributed by atoms with Gasteiger partial charge in [0.05, 0.1) is 37.8 Å². The topological polar surface area (TPSA) is 626 Å². The van der Waals surface area contributed by atoms with Crippen LogP contribution in [0.1, 0.15) is 128 Å². The summed E-state index contributed by atoms with van der Waals surface area (Å²) in [5.74, 6) is -17.6. The van der Waals surface area contributed by atoms with Gasteiger partial charge in [0, 0.05) is 125 Å². The van der Waals surface area contributed by atoms with Gasteiger partial charge in [-0.25, -0.2) is 4.98 Å². The maximum absolute atomic E-state index is 15.6. The summed E-state index contributed by atoms with van der Waals surface area (Å²) in [6.45, 7) is 5.45. The second-order valence-electron chi connectivity index (χ2n) is 33.7. The van der Waals surface area contributed by atoms with E-state index in [-0.39, 0.29) is 82.4 Å². The molecular weight excluding hydrogens is 1720 g/mol. The van der Waals surface area contributed by atoms with Crippen LogP contribution in [0.2, 0.25) is 0 Å². The highest BCUT2D eigenvalue weighted by Crippen LogP contribution is 2.28. The number of aliphatic hydroxyl groups is 2. The van der Waals surface area contributed by atoms with Crippen LogP contribution in [0, 0.1) is 5.92 Å². The lowest BCUT2D eigenvalue weighted by Crippen LogP contribution is -2.62. The number of hydrogen-bond acceptors (Lipinski definition) is 23. The van der Waals surface area contributed by atoms with Gasteiger partial charge >= 0.3 is 0 Å². The van der Waals surface area contributed by atoms with Gasteiger partial charge < -0.3 is 125 Å². The van der Waals surface area contributed by atoms with Gasteiger partial charge in [0.2, 0.25) is 100 Å². The fraction of sp³-hybridized carbons (Fsp3) is 0.523. The molecule has 15 atom stereocenters. The van der Waals surface area contributed by atoms with Crippen LogP contribution in [-0.4, -0.2) is 316 Å². The third-order valence-corrected chi connectivity index (χ3v) is 24.6. The zero-order valence-electron chi connectivity index (χ0n) is 74.6. The van der Waals surface area contributed by atoms with E-state index in [0.717, 1.165) is 36.3 Å². The van der Waals surface area contributed by atoms with Crippen LogP contribution in [0.4, 0.5) is 0 Å². The Kier molecular flexibility index (Phi) is 37.3. The molecule has 0 unspecified atom stereocenters. The fourth-order valence-electron chi connectivity index (χ4n) is 16.2. The number of aliphatic hydroxyl groups excluding tert-OH is 2. The Balaban J connectivity index is 1.08. The number of rotatable bonds is 23. The summed E-state index contributed by atoms with van der Waals surface area (Å²) < 4.78 is 0. The number of carbonyl (C=O) groups excluding carboxylic acids is 17.